The molecule has 5 rings (SSSR count). The summed E-state index contributed by atoms with van der Waals surface area (Å²) in [5.74, 6) is 0.782. The lowest BCUT2D eigenvalue weighted by Gasteiger charge is -2.41. The van der Waals surface area contributed by atoms with Crippen LogP contribution in [-0.4, -0.2) is 59.9 Å². The fraction of sp³-hybridized carbons (Fsp3) is 0.400. The SMILES string of the molecule is COc1nc(NC2CC(C)(O)C2)nn2ccc(-c3ccc4nnn(CC(F)F)c4c3)c12. The Balaban J connectivity index is 1.53. The molecule has 4 aromatic rings. The lowest BCUT2D eigenvalue weighted by Crippen LogP contribution is -2.48. The molecular weight excluding hydrogens is 408 g/mol. The van der Waals surface area contributed by atoms with Gasteiger partial charge in [-0.15, -0.1) is 10.2 Å². The molecule has 0 atom stereocenters. The summed E-state index contributed by atoms with van der Waals surface area (Å²) in [7, 11) is 1.53. The third kappa shape index (κ3) is 3.54. The molecule has 162 valence electrons. The van der Waals surface area contributed by atoms with Crippen LogP contribution in [-0.2, 0) is 6.54 Å². The summed E-state index contributed by atoms with van der Waals surface area (Å²) in [6.45, 7) is 1.28. The lowest BCUT2D eigenvalue weighted by molar-refractivity contribution is -0.0236. The zero-order valence-electron chi connectivity index (χ0n) is 17.0. The number of hydrogen-bond donors (Lipinski definition) is 2. The number of alkyl halides is 2. The van der Waals surface area contributed by atoms with Gasteiger partial charge in [-0.05, 0) is 43.5 Å². The highest BCUT2D eigenvalue weighted by Gasteiger charge is 2.38. The molecule has 0 radical (unpaired) electrons. The first kappa shape index (κ1) is 19.6. The summed E-state index contributed by atoms with van der Waals surface area (Å²) in [5, 5.41) is 25.4. The van der Waals surface area contributed by atoms with Crippen molar-refractivity contribution < 1.29 is 18.6 Å². The van der Waals surface area contributed by atoms with Crippen LogP contribution >= 0.6 is 0 Å². The number of methoxy groups -OCH3 is 1. The van der Waals surface area contributed by atoms with Gasteiger partial charge in [-0.25, -0.2) is 18.0 Å². The lowest BCUT2D eigenvalue weighted by atomic mass is 9.77. The molecule has 0 bridgehead atoms. The number of anilines is 1. The van der Waals surface area contributed by atoms with Crippen LogP contribution in [0.4, 0.5) is 14.7 Å². The number of halogens is 2. The van der Waals surface area contributed by atoms with Gasteiger partial charge in [0, 0.05) is 17.8 Å². The molecule has 0 unspecified atom stereocenters. The largest absolute Gasteiger partial charge is 0.479 e. The summed E-state index contributed by atoms with van der Waals surface area (Å²) in [6.07, 6.45) is 0.500. The minimum Gasteiger partial charge on any atom is -0.479 e. The number of fused-ring (bicyclic) bond motifs is 2. The summed E-state index contributed by atoms with van der Waals surface area (Å²) >= 11 is 0. The van der Waals surface area contributed by atoms with Crippen LogP contribution in [0.5, 0.6) is 5.88 Å². The highest BCUT2D eigenvalue weighted by molar-refractivity contribution is 5.89. The van der Waals surface area contributed by atoms with Gasteiger partial charge in [0.2, 0.25) is 11.8 Å². The minimum absolute atomic E-state index is 0.0946. The molecule has 1 aromatic carbocycles. The molecule has 0 amide bonds. The van der Waals surface area contributed by atoms with Crippen molar-refractivity contribution >= 4 is 22.5 Å². The molecule has 1 fully saturated rings. The van der Waals surface area contributed by atoms with Gasteiger partial charge in [-0.2, -0.15) is 4.98 Å². The smallest absolute Gasteiger partial charge is 0.258 e. The second-order valence-corrected chi connectivity index (χ2v) is 8.08. The Kier molecular flexibility index (Phi) is 4.50. The number of aromatic nitrogens is 6. The number of rotatable bonds is 6. The number of ether oxygens (including phenoxy) is 1. The van der Waals surface area contributed by atoms with Crippen LogP contribution in [0.2, 0.25) is 0 Å². The third-order valence-corrected chi connectivity index (χ3v) is 5.51. The molecule has 31 heavy (non-hydrogen) atoms. The fourth-order valence-electron chi connectivity index (χ4n) is 4.11. The van der Waals surface area contributed by atoms with E-state index in [-0.39, 0.29) is 6.04 Å². The molecule has 1 saturated carbocycles. The average Bonchev–Trinajstić information content (AvgIpc) is 3.29. The molecule has 3 heterocycles. The maximum absolute atomic E-state index is 12.9. The first-order valence-corrected chi connectivity index (χ1v) is 9.87. The van der Waals surface area contributed by atoms with Gasteiger partial charge >= 0.3 is 0 Å². The molecule has 3 aromatic heterocycles. The Morgan fingerprint density at radius 1 is 1.32 bits per heavy atom. The first-order chi connectivity index (χ1) is 14.8. The Morgan fingerprint density at radius 2 is 2.13 bits per heavy atom. The van der Waals surface area contributed by atoms with Crippen molar-refractivity contribution in [2.24, 2.45) is 0 Å². The predicted molar refractivity (Wildman–Crippen MR) is 109 cm³/mol. The van der Waals surface area contributed by atoms with Crippen molar-refractivity contribution in [1.82, 2.24) is 29.6 Å². The van der Waals surface area contributed by atoms with Crippen molar-refractivity contribution in [1.29, 1.82) is 0 Å². The van der Waals surface area contributed by atoms with E-state index in [0.29, 0.717) is 41.2 Å². The maximum Gasteiger partial charge on any atom is 0.258 e. The van der Waals surface area contributed by atoms with E-state index in [1.807, 2.05) is 12.1 Å². The normalized spacial score (nSPS) is 21.0. The standard InChI is InChI=1S/C20H21F2N7O2/c1-20(30)8-12(9-20)23-19-24-18(31-2)17-13(5-6-28(17)26-19)11-3-4-14-15(7-11)29(27-25-14)10-16(21)22/h3-7,12,16,30H,8-10H2,1-2H3,(H,23,26). The van der Waals surface area contributed by atoms with E-state index in [2.05, 4.69) is 25.7 Å². The highest BCUT2D eigenvalue weighted by atomic mass is 19.3. The van der Waals surface area contributed by atoms with Gasteiger partial charge in [0.25, 0.3) is 6.43 Å². The van der Waals surface area contributed by atoms with Gasteiger partial charge < -0.3 is 15.2 Å². The summed E-state index contributed by atoms with van der Waals surface area (Å²) in [4.78, 5) is 4.48. The third-order valence-electron chi connectivity index (χ3n) is 5.51. The molecule has 2 N–H and O–H groups in total. The monoisotopic (exact) mass is 429 g/mol. The van der Waals surface area contributed by atoms with Crippen LogP contribution in [0.1, 0.15) is 19.8 Å². The molecule has 0 spiro atoms. The maximum atomic E-state index is 12.9. The van der Waals surface area contributed by atoms with E-state index < -0.39 is 18.6 Å². The molecule has 1 aliphatic rings. The number of nitrogens with one attached hydrogen (secondary N) is 1. The van der Waals surface area contributed by atoms with Gasteiger partial charge in [0.15, 0.2) is 0 Å². The van der Waals surface area contributed by atoms with Crippen molar-refractivity contribution in [3.05, 3.63) is 30.5 Å². The molecular formula is C20H21F2N7O2. The predicted octanol–water partition coefficient (Wildman–Crippen LogP) is 2.74. The summed E-state index contributed by atoms with van der Waals surface area (Å²) in [6, 6.07) is 7.33. The molecule has 9 nitrogen and oxygen atoms in total. The van der Waals surface area contributed by atoms with Crippen molar-refractivity contribution in [3.8, 4) is 17.0 Å². The molecule has 11 heteroatoms. The van der Waals surface area contributed by atoms with E-state index >= 15 is 0 Å². The van der Waals surface area contributed by atoms with E-state index in [4.69, 9.17) is 4.74 Å². The van der Waals surface area contributed by atoms with Crippen molar-refractivity contribution in [3.63, 3.8) is 0 Å². The number of hydrogen-bond acceptors (Lipinski definition) is 7. The van der Waals surface area contributed by atoms with Crippen LogP contribution < -0.4 is 10.1 Å². The topological polar surface area (TPSA) is 102 Å². The highest BCUT2D eigenvalue weighted by Crippen LogP contribution is 2.35. The molecule has 0 saturated heterocycles. The van der Waals surface area contributed by atoms with E-state index in [9.17, 15) is 13.9 Å². The number of aliphatic hydroxyl groups is 1. The van der Waals surface area contributed by atoms with Gasteiger partial charge in [0.1, 0.15) is 17.6 Å². The summed E-state index contributed by atoms with van der Waals surface area (Å²) in [5.41, 5.74) is 2.64. The second-order valence-electron chi connectivity index (χ2n) is 8.08. The average molecular weight is 429 g/mol. The van der Waals surface area contributed by atoms with E-state index in [1.165, 1.54) is 11.8 Å². The van der Waals surface area contributed by atoms with E-state index in [0.717, 1.165) is 11.1 Å². The Hall–Kier alpha value is -3.34. The number of nitrogens with zero attached hydrogens (tertiary/aromatic N) is 6. The van der Waals surface area contributed by atoms with Crippen molar-refractivity contribution in [2.45, 2.75) is 44.4 Å². The van der Waals surface area contributed by atoms with Crippen LogP contribution in [0.3, 0.4) is 0 Å². The number of benzene rings is 1. The Morgan fingerprint density at radius 3 is 2.84 bits per heavy atom. The quantitative estimate of drug-likeness (QED) is 0.486. The van der Waals surface area contributed by atoms with Crippen molar-refractivity contribution in [2.75, 3.05) is 12.4 Å². The second kappa shape index (κ2) is 7.12. The van der Waals surface area contributed by atoms with Crippen LogP contribution in [0.25, 0.3) is 27.7 Å². The first-order valence-electron chi connectivity index (χ1n) is 9.87. The Bertz CT molecular complexity index is 1260. The van der Waals surface area contributed by atoms with E-state index in [1.54, 1.807) is 29.8 Å². The Labute approximate surface area is 175 Å². The van der Waals surface area contributed by atoms with Crippen LogP contribution in [0, 0.1) is 0 Å². The van der Waals surface area contributed by atoms with Gasteiger partial charge in [0.05, 0.1) is 18.2 Å². The fourth-order valence-corrected chi connectivity index (χ4v) is 4.11. The zero-order valence-corrected chi connectivity index (χ0v) is 17.0. The van der Waals surface area contributed by atoms with Gasteiger partial charge in [-0.3, -0.25) is 0 Å². The molecule has 0 aliphatic heterocycles. The zero-order chi connectivity index (χ0) is 21.8. The minimum atomic E-state index is -2.53. The van der Waals surface area contributed by atoms with Gasteiger partial charge in [-0.1, -0.05) is 11.3 Å². The summed E-state index contributed by atoms with van der Waals surface area (Å²) < 4.78 is 34.1. The van der Waals surface area contributed by atoms with Crippen LogP contribution in [0.15, 0.2) is 30.5 Å². The molecule has 1 aliphatic carbocycles.